The Morgan fingerprint density at radius 3 is 2.21 bits per heavy atom. The molecule has 3 aliphatic heterocycles. The molecule has 0 radical (unpaired) electrons. The highest BCUT2D eigenvalue weighted by Crippen LogP contribution is 2.38. The first kappa shape index (κ1) is 39.6. The maximum atomic E-state index is 12.2. The van der Waals surface area contributed by atoms with Crippen molar-refractivity contribution in [1.82, 2.24) is 0 Å². The number of carbonyl (C=O) groups excluding carboxylic acids is 1. The minimum atomic E-state index is -2.26. The van der Waals surface area contributed by atoms with Gasteiger partial charge in [0.25, 0.3) is 0 Å². The maximum absolute atomic E-state index is 12.2. The van der Waals surface area contributed by atoms with Crippen LogP contribution in [0.25, 0.3) is 0 Å². The van der Waals surface area contributed by atoms with E-state index in [4.69, 9.17) is 24.7 Å². The Morgan fingerprint density at radius 2 is 1.54 bits per heavy atom. The third-order valence-electron chi connectivity index (χ3n) is 8.55. The third kappa shape index (κ3) is 11.7. The first-order chi connectivity index (χ1) is 22.6. The van der Waals surface area contributed by atoms with Crippen molar-refractivity contribution in [3.63, 3.8) is 0 Å². The van der Waals surface area contributed by atoms with Crippen molar-refractivity contribution in [3.05, 3.63) is 60.8 Å². The molecule has 6 unspecified atom stereocenters. The summed E-state index contributed by atoms with van der Waals surface area (Å²) in [6, 6.07) is -1.09. The van der Waals surface area contributed by atoms with Gasteiger partial charge in [0.1, 0.15) is 18.1 Å². The second kappa shape index (κ2) is 18.3. The number of carboxylic acids is 1. The standard InChI is InChI=1S/C33H49NO14/c1-18-9-7-5-3-4-6-8-10-21(47-32-30(41)29(34)25(39)17-45-32)14-26-28(31(42)43)24(38)16-33(44,48-26)15-20(35)13-23(37)22(36)11-12-27(40)46-19(18)2/h3-12,18-26,28-30,32,35-39,41,44H,13-17,34H2,1-2H3,(H,42,43)/b5-3+,6-4+,9-7+,10-8+,12-11+/t18-,19+,20?,21?,22?,23?,24-,25+,26-,28+,29-,30-,32?,33?/m0/s1. The molecule has 14 atom stereocenters. The molecule has 2 fully saturated rings. The maximum Gasteiger partial charge on any atom is 0.330 e. The summed E-state index contributed by atoms with van der Waals surface area (Å²) in [5.74, 6) is -6.14. The highest BCUT2D eigenvalue weighted by molar-refractivity contribution is 5.82. The fourth-order valence-corrected chi connectivity index (χ4v) is 5.61. The van der Waals surface area contributed by atoms with Crippen molar-refractivity contribution >= 4 is 11.9 Å². The van der Waals surface area contributed by atoms with Crippen molar-refractivity contribution in [1.29, 1.82) is 0 Å². The van der Waals surface area contributed by atoms with E-state index in [0.717, 1.165) is 12.2 Å². The summed E-state index contributed by atoms with van der Waals surface area (Å²) < 4.78 is 22.5. The molecule has 3 rings (SSSR count). The molecule has 0 amide bonds. The Hall–Kier alpha value is -2.80. The molecule has 15 nitrogen and oxygen atoms in total. The van der Waals surface area contributed by atoms with Crippen LogP contribution in [-0.4, -0.2) is 132 Å². The van der Waals surface area contributed by atoms with Crippen LogP contribution >= 0.6 is 0 Å². The Kier molecular flexibility index (Phi) is 15.1. The van der Waals surface area contributed by atoms with Crippen molar-refractivity contribution in [2.75, 3.05) is 6.61 Å². The Labute approximate surface area is 278 Å². The molecule has 3 aliphatic rings. The van der Waals surface area contributed by atoms with Gasteiger partial charge < -0.3 is 65.5 Å². The largest absolute Gasteiger partial charge is 0.481 e. The number of fused-ring (bicyclic) bond motifs is 2. The van der Waals surface area contributed by atoms with Gasteiger partial charge in [-0.05, 0) is 13.0 Å². The number of esters is 1. The summed E-state index contributed by atoms with van der Waals surface area (Å²) >= 11 is 0. The molecule has 3 heterocycles. The second-order valence-corrected chi connectivity index (χ2v) is 12.5. The number of aliphatic hydroxyl groups excluding tert-OH is 6. The monoisotopic (exact) mass is 683 g/mol. The van der Waals surface area contributed by atoms with Crippen LogP contribution in [0.1, 0.15) is 39.5 Å². The molecular formula is C33H49NO14. The predicted octanol–water partition coefficient (Wildman–Crippen LogP) is -1.07. The van der Waals surface area contributed by atoms with E-state index in [1.54, 1.807) is 43.4 Å². The number of hydrogen-bond acceptors (Lipinski definition) is 14. The number of ether oxygens (including phenoxy) is 4. The fourth-order valence-electron chi connectivity index (χ4n) is 5.61. The van der Waals surface area contributed by atoms with Crippen molar-refractivity contribution in [2.45, 2.75) is 113 Å². The molecule has 0 aliphatic carbocycles. The summed E-state index contributed by atoms with van der Waals surface area (Å²) in [4.78, 5) is 24.5. The van der Waals surface area contributed by atoms with Crippen molar-refractivity contribution in [2.24, 2.45) is 17.6 Å². The molecule has 0 aromatic rings. The molecule has 2 saturated heterocycles. The molecule has 48 heavy (non-hydrogen) atoms. The normalized spacial score (nSPS) is 45.9. The van der Waals surface area contributed by atoms with E-state index in [0.29, 0.717) is 0 Å². The number of aliphatic hydroxyl groups is 7. The summed E-state index contributed by atoms with van der Waals surface area (Å²) in [5.41, 5.74) is 5.87. The van der Waals surface area contributed by atoms with Crippen LogP contribution in [0, 0.1) is 11.8 Å². The summed E-state index contributed by atoms with van der Waals surface area (Å²) in [7, 11) is 0. The molecule has 10 N–H and O–H groups in total. The van der Waals surface area contributed by atoms with Crippen LogP contribution in [0.15, 0.2) is 60.8 Å². The highest BCUT2D eigenvalue weighted by Gasteiger charge is 2.50. The van der Waals surface area contributed by atoms with Crippen LogP contribution in [0.2, 0.25) is 0 Å². The molecule has 2 bridgehead atoms. The van der Waals surface area contributed by atoms with Gasteiger partial charge in [-0.3, -0.25) is 4.79 Å². The molecule has 0 spiro atoms. The van der Waals surface area contributed by atoms with Gasteiger partial charge >= 0.3 is 11.9 Å². The Bertz CT molecular complexity index is 1200. The third-order valence-corrected chi connectivity index (χ3v) is 8.55. The van der Waals surface area contributed by atoms with E-state index < -0.39 is 110 Å². The Morgan fingerprint density at radius 1 is 0.896 bits per heavy atom. The number of rotatable bonds is 3. The van der Waals surface area contributed by atoms with Gasteiger partial charge in [-0.15, -0.1) is 0 Å². The molecule has 15 heteroatoms. The lowest BCUT2D eigenvalue weighted by atomic mass is 9.82. The fraction of sp³-hybridized carbons (Fsp3) is 0.636. The van der Waals surface area contributed by atoms with Gasteiger partial charge in [-0.2, -0.15) is 0 Å². The molecule has 0 aromatic carbocycles. The van der Waals surface area contributed by atoms with E-state index in [2.05, 4.69) is 0 Å². The zero-order chi connectivity index (χ0) is 35.6. The van der Waals surface area contributed by atoms with E-state index in [-0.39, 0.29) is 18.9 Å². The van der Waals surface area contributed by atoms with Crippen molar-refractivity contribution in [3.8, 4) is 0 Å². The lowest BCUT2D eigenvalue weighted by Crippen LogP contribution is -2.59. The average molecular weight is 684 g/mol. The summed E-state index contributed by atoms with van der Waals surface area (Å²) in [5, 5.41) is 84.1. The lowest BCUT2D eigenvalue weighted by molar-refractivity contribution is -0.305. The first-order valence-electron chi connectivity index (χ1n) is 15.9. The van der Waals surface area contributed by atoms with Crippen LogP contribution in [0.5, 0.6) is 0 Å². The smallest absolute Gasteiger partial charge is 0.330 e. The van der Waals surface area contributed by atoms with E-state index in [1.807, 2.05) is 13.0 Å². The zero-order valence-corrected chi connectivity index (χ0v) is 26.9. The van der Waals surface area contributed by atoms with E-state index in [1.165, 1.54) is 6.08 Å². The number of allylic oxidation sites excluding steroid dienone is 6. The minimum Gasteiger partial charge on any atom is -0.481 e. The van der Waals surface area contributed by atoms with Gasteiger partial charge in [-0.25, -0.2) is 4.79 Å². The van der Waals surface area contributed by atoms with Crippen LogP contribution in [-0.2, 0) is 28.5 Å². The minimum absolute atomic E-state index is 0.169. The molecular weight excluding hydrogens is 634 g/mol. The topological polar surface area (TPSA) is 259 Å². The number of aliphatic carboxylic acids is 1. The molecule has 0 aromatic heterocycles. The zero-order valence-electron chi connectivity index (χ0n) is 26.9. The lowest BCUT2D eigenvalue weighted by Gasteiger charge is -2.45. The summed E-state index contributed by atoms with van der Waals surface area (Å²) in [6.45, 7) is 3.31. The van der Waals surface area contributed by atoms with Crippen molar-refractivity contribution < 1.29 is 69.4 Å². The number of hydrogen-bond donors (Lipinski definition) is 9. The van der Waals surface area contributed by atoms with E-state index >= 15 is 0 Å². The number of carbonyl (C=O) groups is 2. The Balaban J connectivity index is 1.92. The van der Waals surface area contributed by atoms with Crippen LogP contribution in [0.3, 0.4) is 0 Å². The average Bonchev–Trinajstić information content (AvgIpc) is 2.99. The molecule has 0 saturated carbocycles. The quantitative estimate of drug-likeness (QED) is 0.161. The predicted molar refractivity (Wildman–Crippen MR) is 168 cm³/mol. The number of nitrogens with two attached hydrogens (primary N) is 1. The van der Waals surface area contributed by atoms with Gasteiger partial charge in [0.05, 0.1) is 55.4 Å². The van der Waals surface area contributed by atoms with Gasteiger partial charge in [0, 0.05) is 37.7 Å². The SMILES string of the molecule is C[C@H]1/C=C/C=C/C=C/C=C/C(OC2OC[C@@H](O)[C@H](N)[C@@H]2O)C[C@@H]2OC(O)(CC(O)CC(O)C(O)/C=C/C(=O)O[C@@H]1C)C[C@H](O)[C@H]2C(=O)O. The number of cyclic esters (lactones) is 1. The number of carboxylic acid groups (broad SMARTS) is 1. The first-order valence-corrected chi connectivity index (χ1v) is 15.9. The van der Waals surface area contributed by atoms with Crippen LogP contribution in [0.4, 0.5) is 0 Å². The van der Waals surface area contributed by atoms with Gasteiger partial charge in [0.2, 0.25) is 0 Å². The van der Waals surface area contributed by atoms with Crippen LogP contribution < -0.4 is 5.73 Å². The summed E-state index contributed by atoms with van der Waals surface area (Å²) in [6.07, 6.45) is 0.335. The van der Waals surface area contributed by atoms with E-state index in [9.17, 15) is 50.4 Å². The second-order valence-electron chi connectivity index (χ2n) is 12.5. The highest BCUT2D eigenvalue weighted by atomic mass is 16.7. The van der Waals surface area contributed by atoms with Gasteiger partial charge in [-0.1, -0.05) is 55.5 Å². The molecule has 270 valence electrons. The van der Waals surface area contributed by atoms with Gasteiger partial charge in [0.15, 0.2) is 12.1 Å².